The molecule has 0 bridgehead atoms. The van der Waals surface area contributed by atoms with Crippen LogP contribution in [0.1, 0.15) is 32.8 Å². The number of ether oxygens (including phenoxy) is 1. The van der Waals surface area contributed by atoms with Crippen molar-refractivity contribution >= 4 is 29.3 Å². The fourth-order valence-corrected chi connectivity index (χ4v) is 2.51. The lowest BCUT2D eigenvalue weighted by atomic mass is 10.1. The van der Waals surface area contributed by atoms with Gasteiger partial charge in [0.1, 0.15) is 11.4 Å². The van der Waals surface area contributed by atoms with Crippen LogP contribution < -0.4 is 16.0 Å². The molecule has 7 nitrogen and oxygen atoms in total. The summed E-state index contributed by atoms with van der Waals surface area (Å²) >= 11 is 0. The molecular weight excluding hydrogens is 389 g/mol. The molecule has 0 saturated carbocycles. The quantitative estimate of drug-likeness (QED) is 0.640. The maximum atomic E-state index is 13.6. The lowest BCUT2D eigenvalue weighted by Gasteiger charge is -2.20. The van der Waals surface area contributed by atoms with E-state index in [-0.39, 0.29) is 36.7 Å². The second-order valence-corrected chi connectivity index (χ2v) is 7.63. The molecule has 0 atom stereocenters. The smallest absolute Gasteiger partial charge is 0.412 e. The first-order valence-corrected chi connectivity index (χ1v) is 9.52. The van der Waals surface area contributed by atoms with E-state index >= 15 is 0 Å². The standard InChI is InChI=1S/C22H26FN3O4/c1-22(2,3)30-21(29)26-17-10-9-16(23)14-18(17)25-19(27)11-12-24-20(28)13-15-7-5-4-6-8-15/h4-10,14H,11-13H2,1-3H3,(H,24,28)(H,25,27)(H,26,29). The number of rotatable bonds is 7. The van der Waals surface area contributed by atoms with Crippen LogP contribution in [0.4, 0.5) is 20.6 Å². The molecule has 0 saturated heterocycles. The van der Waals surface area contributed by atoms with Crippen molar-refractivity contribution in [3.63, 3.8) is 0 Å². The number of hydrogen-bond donors (Lipinski definition) is 3. The Labute approximate surface area is 175 Å². The molecular formula is C22H26FN3O4. The molecule has 30 heavy (non-hydrogen) atoms. The Hall–Kier alpha value is -3.42. The molecule has 2 rings (SSSR count). The summed E-state index contributed by atoms with van der Waals surface area (Å²) in [6.07, 6.45) is -0.517. The van der Waals surface area contributed by atoms with Gasteiger partial charge >= 0.3 is 6.09 Å². The molecule has 0 unspecified atom stereocenters. The van der Waals surface area contributed by atoms with Gasteiger partial charge in [0.25, 0.3) is 0 Å². The van der Waals surface area contributed by atoms with E-state index in [1.165, 1.54) is 6.07 Å². The van der Waals surface area contributed by atoms with Crippen LogP contribution in [-0.4, -0.2) is 30.1 Å². The van der Waals surface area contributed by atoms with Gasteiger partial charge in [-0.2, -0.15) is 0 Å². The summed E-state index contributed by atoms with van der Waals surface area (Å²) in [5.41, 5.74) is 0.469. The van der Waals surface area contributed by atoms with Crippen LogP contribution in [0.2, 0.25) is 0 Å². The first-order valence-electron chi connectivity index (χ1n) is 9.52. The third kappa shape index (κ3) is 8.30. The van der Waals surface area contributed by atoms with Gasteiger partial charge in [-0.05, 0) is 44.5 Å². The number of hydrogen-bond acceptors (Lipinski definition) is 4. The zero-order valence-electron chi connectivity index (χ0n) is 17.3. The maximum absolute atomic E-state index is 13.6. The summed E-state index contributed by atoms with van der Waals surface area (Å²) in [6, 6.07) is 12.8. The molecule has 0 radical (unpaired) electrons. The molecule has 0 aliphatic rings. The molecule has 3 amide bonds. The van der Waals surface area contributed by atoms with E-state index in [0.717, 1.165) is 17.7 Å². The highest BCUT2D eigenvalue weighted by Gasteiger charge is 2.18. The predicted octanol–water partition coefficient (Wildman–Crippen LogP) is 3.86. The molecule has 160 valence electrons. The SMILES string of the molecule is CC(C)(C)OC(=O)Nc1ccc(F)cc1NC(=O)CCNC(=O)Cc1ccccc1. The van der Waals surface area contributed by atoms with Crippen LogP contribution in [0.15, 0.2) is 48.5 Å². The van der Waals surface area contributed by atoms with Crippen molar-refractivity contribution < 1.29 is 23.5 Å². The van der Waals surface area contributed by atoms with Gasteiger partial charge in [-0.15, -0.1) is 0 Å². The summed E-state index contributed by atoms with van der Waals surface area (Å²) in [5, 5.41) is 7.70. The highest BCUT2D eigenvalue weighted by atomic mass is 19.1. The third-order valence-corrected chi connectivity index (χ3v) is 3.77. The molecule has 2 aromatic carbocycles. The van der Waals surface area contributed by atoms with Gasteiger partial charge in [0.2, 0.25) is 11.8 Å². The molecule has 0 aliphatic heterocycles. The molecule has 3 N–H and O–H groups in total. The number of halogens is 1. The van der Waals surface area contributed by atoms with Gasteiger partial charge in [0.05, 0.1) is 17.8 Å². The molecule has 0 spiro atoms. The number of benzene rings is 2. The predicted molar refractivity (Wildman–Crippen MR) is 113 cm³/mol. The number of nitrogens with one attached hydrogen (secondary N) is 3. The monoisotopic (exact) mass is 415 g/mol. The van der Waals surface area contributed by atoms with E-state index in [0.29, 0.717) is 0 Å². The van der Waals surface area contributed by atoms with Crippen LogP contribution in [0.5, 0.6) is 0 Å². The van der Waals surface area contributed by atoms with Crippen LogP contribution in [0.3, 0.4) is 0 Å². The maximum Gasteiger partial charge on any atom is 0.412 e. The van der Waals surface area contributed by atoms with Crippen molar-refractivity contribution in [2.45, 2.75) is 39.2 Å². The summed E-state index contributed by atoms with van der Waals surface area (Å²) in [4.78, 5) is 36.1. The lowest BCUT2D eigenvalue weighted by molar-refractivity contribution is -0.120. The molecule has 0 fully saturated rings. The zero-order valence-corrected chi connectivity index (χ0v) is 17.3. The van der Waals surface area contributed by atoms with Crippen molar-refractivity contribution in [3.8, 4) is 0 Å². The Bertz CT molecular complexity index is 895. The number of carbonyl (C=O) groups excluding carboxylic acids is 3. The molecule has 0 aromatic heterocycles. The Morgan fingerprint density at radius 3 is 2.30 bits per heavy atom. The Balaban J connectivity index is 1.87. The van der Waals surface area contributed by atoms with Gasteiger partial charge in [0, 0.05) is 13.0 Å². The normalized spacial score (nSPS) is 10.8. The van der Waals surface area contributed by atoms with Gasteiger partial charge < -0.3 is 15.4 Å². The number of anilines is 2. The van der Waals surface area contributed by atoms with E-state index < -0.39 is 23.4 Å². The van der Waals surface area contributed by atoms with Crippen molar-refractivity contribution in [2.24, 2.45) is 0 Å². The summed E-state index contributed by atoms with van der Waals surface area (Å²) < 4.78 is 18.8. The Morgan fingerprint density at radius 1 is 0.933 bits per heavy atom. The average Bonchev–Trinajstić information content (AvgIpc) is 2.63. The van der Waals surface area contributed by atoms with Gasteiger partial charge in [-0.3, -0.25) is 14.9 Å². The molecule has 2 aromatic rings. The van der Waals surface area contributed by atoms with E-state index in [9.17, 15) is 18.8 Å². The van der Waals surface area contributed by atoms with Gasteiger partial charge in [-0.1, -0.05) is 30.3 Å². The second-order valence-electron chi connectivity index (χ2n) is 7.63. The Morgan fingerprint density at radius 2 is 1.63 bits per heavy atom. The van der Waals surface area contributed by atoms with Crippen LogP contribution in [0, 0.1) is 5.82 Å². The minimum atomic E-state index is -0.724. The minimum Gasteiger partial charge on any atom is -0.444 e. The topological polar surface area (TPSA) is 96.5 Å². The van der Waals surface area contributed by atoms with Gasteiger partial charge in [0.15, 0.2) is 0 Å². The Kier molecular flexibility index (Phi) is 7.91. The number of amides is 3. The minimum absolute atomic E-state index is 0.0110. The van der Waals surface area contributed by atoms with E-state index in [1.54, 1.807) is 20.8 Å². The fourth-order valence-electron chi connectivity index (χ4n) is 2.51. The van der Waals surface area contributed by atoms with Gasteiger partial charge in [-0.25, -0.2) is 9.18 Å². The second kappa shape index (κ2) is 10.4. The summed E-state index contributed by atoms with van der Waals surface area (Å²) in [5.74, 6) is -1.21. The summed E-state index contributed by atoms with van der Waals surface area (Å²) in [7, 11) is 0. The van der Waals surface area contributed by atoms with E-state index in [2.05, 4.69) is 16.0 Å². The van der Waals surface area contributed by atoms with Crippen LogP contribution in [-0.2, 0) is 20.7 Å². The average molecular weight is 415 g/mol. The van der Waals surface area contributed by atoms with Crippen molar-refractivity contribution in [2.75, 3.05) is 17.2 Å². The highest BCUT2D eigenvalue weighted by molar-refractivity contribution is 5.98. The highest BCUT2D eigenvalue weighted by Crippen LogP contribution is 2.24. The van der Waals surface area contributed by atoms with Crippen molar-refractivity contribution in [1.29, 1.82) is 0 Å². The molecule has 0 aliphatic carbocycles. The zero-order chi connectivity index (χ0) is 22.1. The largest absolute Gasteiger partial charge is 0.444 e. The first kappa shape index (κ1) is 22.9. The molecule has 8 heteroatoms. The van der Waals surface area contributed by atoms with Crippen LogP contribution in [0.25, 0.3) is 0 Å². The first-order chi connectivity index (χ1) is 14.1. The molecule has 0 heterocycles. The lowest BCUT2D eigenvalue weighted by Crippen LogP contribution is -2.29. The summed E-state index contributed by atoms with van der Waals surface area (Å²) in [6.45, 7) is 5.27. The third-order valence-electron chi connectivity index (χ3n) is 3.77. The van der Waals surface area contributed by atoms with E-state index in [1.807, 2.05) is 30.3 Å². The van der Waals surface area contributed by atoms with Crippen LogP contribution >= 0.6 is 0 Å². The number of carbonyl (C=O) groups is 3. The van der Waals surface area contributed by atoms with E-state index in [4.69, 9.17) is 4.74 Å². The van der Waals surface area contributed by atoms with Crippen molar-refractivity contribution in [3.05, 3.63) is 59.9 Å². The van der Waals surface area contributed by atoms with Crippen molar-refractivity contribution in [1.82, 2.24) is 5.32 Å². The fraction of sp³-hybridized carbons (Fsp3) is 0.318.